The van der Waals surface area contributed by atoms with E-state index in [1.807, 2.05) is 0 Å². The van der Waals surface area contributed by atoms with Crippen LogP contribution in [0.5, 0.6) is 5.75 Å². The number of carbonyl (C=O) groups excluding carboxylic acids is 3. The Morgan fingerprint density at radius 2 is 1.84 bits per heavy atom. The first kappa shape index (κ1) is 34.9. The maximum atomic E-state index is 13.5. The van der Waals surface area contributed by atoms with Gasteiger partial charge in [0.1, 0.15) is 17.5 Å². The molecule has 3 rings (SSSR count). The molecule has 0 unspecified atom stereocenters. The number of nitrogens with zero attached hydrogens (tertiary/aromatic N) is 3. The molecule has 0 aromatic heterocycles. The van der Waals surface area contributed by atoms with E-state index in [4.69, 9.17) is 19.9 Å². The van der Waals surface area contributed by atoms with Crippen LogP contribution in [0, 0.1) is 18.3 Å². The standard InChI is InChI=1S/C32H40N4O8S/c1-6-42-29(37)21-45(40,41)36(14-8-11-23-9-7-10-24(18-23)20-33)27-19-26(30(34)38)28(17-22(27)2)43-25-12-15-35(16-13-25)31(39)44-32(3,4)5/h7-11,17-19,25H,6,12-16,21H2,1-5H3,(H2,34,38). The SMILES string of the molecule is CCOC(=O)CS(=O)(=O)N(CC=Cc1cccc(C#N)c1)c1cc(C(N)=O)c(OC2CCN(C(=O)OC(C)(C)C)CC2)cc1C. The Bertz CT molecular complexity index is 1580. The largest absolute Gasteiger partial charge is 0.489 e. The topological polar surface area (TPSA) is 169 Å². The molecule has 13 heteroatoms. The Labute approximate surface area is 264 Å². The van der Waals surface area contributed by atoms with E-state index >= 15 is 0 Å². The lowest BCUT2D eigenvalue weighted by Crippen LogP contribution is -2.44. The second-order valence-corrected chi connectivity index (χ2v) is 13.4. The van der Waals surface area contributed by atoms with Gasteiger partial charge in [0.2, 0.25) is 10.0 Å². The molecule has 0 radical (unpaired) electrons. The highest BCUT2D eigenvalue weighted by Gasteiger charge is 2.31. The van der Waals surface area contributed by atoms with Gasteiger partial charge in [0.25, 0.3) is 5.91 Å². The van der Waals surface area contributed by atoms with Gasteiger partial charge in [-0.15, -0.1) is 0 Å². The number of aryl methyl sites for hydroxylation is 1. The predicted molar refractivity (Wildman–Crippen MR) is 169 cm³/mol. The lowest BCUT2D eigenvalue weighted by atomic mass is 10.1. The third-order valence-corrected chi connectivity index (χ3v) is 8.38. The number of carbonyl (C=O) groups is 3. The van der Waals surface area contributed by atoms with Gasteiger partial charge in [-0.1, -0.05) is 24.3 Å². The summed E-state index contributed by atoms with van der Waals surface area (Å²) >= 11 is 0. The second-order valence-electron chi connectivity index (χ2n) is 11.5. The van der Waals surface area contributed by atoms with Gasteiger partial charge in [-0.25, -0.2) is 13.2 Å². The molecular formula is C32H40N4O8S. The second kappa shape index (κ2) is 14.9. The minimum atomic E-state index is -4.28. The maximum absolute atomic E-state index is 13.5. The Morgan fingerprint density at radius 3 is 2.44 bits per heavy atom. The number of likely N-dealkylation sites (tertiary alicyclic amines) is 1. The third-order valence-electron chi connectivity index (χ3n) is 6.76. The number of rotatable bonds is 11. The van der Waals surface area contributed by atoms with Crippen molar-refractivity contribution in [1.29, 1.82) is 5.26 Å². The summed E-state index contributed by atoms with van der Waals surface area (Å²) < 4.78 is 44.6. The maximum Gasteiger partial charge on any atom is 0.410 e. The zero-order valence-corrected chi connectivity index (χ0v) is 27.1. The van der Waals surface area contributed by atoms with Crippen LogP contribution in [0.3, 0.4) is 0 Å². The number of hydrogen-bond donors (Lipinski definition) is 1. The molecule has 45 heavy (non-hydrogen) atoms. The molecule has 242 valence electrons. The molecule has 1 heterocycles. The number of esters is 1. The third kappa shape index (κ3) is 9.97. The van der Waals surface area contributed by atoms with E-state index in [2.05, 4.69) is 6.07 Å². The molecule has 0 atom stereocenters. The van der Waals surface area contributed by atoms with Crippen molar-refractivity contribution in [2.24, 2.45) is 5.73 Å². The number of sulfonamides is 1. The van der Waals surface area contributed by atoms with Crippen molar-refractivity contribution >= 4 is 39.8 Å². The fourth-order valence-electron chi connectivity index (χ4n) is 4.68. The van der Waals surface area contributed by atoms with Crippen LogP contribution in [0.25, 0.3) is 6.08 Å². The van der Waals surface area contributed by atoms with Crippen LogP contribution in [0.2, 0.25) is 0 Å². The number of ether oxygens (including phenoxy) is 3. The first-order valence-corrected chi connectivity index (χ1v) is 16.2. The molecule has 1 aliphatic heterocycles. The molecule has 2 aromatic carbocycles. The molecule has 1 saturated heterocycles. The van der Waals surface area contributed by atoms with E-state index in [1.165, 1.54) is 6.07 Å². The number of piperidine rings is 1. The Morgan fingerprint density at radius 1 is 1.16 bits per heavy atom. The number of benzene rings is 2. The first-order chi connectivity index (χ1) is 21.1. The smallest absolute Gasteiger partial charge is 0.410 e. The first-order valence-electron chi connectivity index (χ1n) is 14.5. The molecule has 1 aliphatic rings. The van der Waals surface area contributed by atoms with Crippen molar-refractivity contribution in [1.82, 2.24) is 4.90 Å². The van der Waals surface area contributed by atoms with Crippen LogP contribution >= 0.6 is 0 Å². The van der Waals surface area contributed by atoms with E-state index in [9.17, 15) is 28.1 Å². The van der Waals surface area contributed by atoms with Crippen molar-refractivity contribution in [3.05, 3.63) is 64.7 Å². The molecule has 0 bridgehead atoms. The van der Waals surface area contributed by atoms with Gasteiger partial charge < -0.3 is 24.8 Å². The van der Waals surface area contributed by atoms with Gasteiger partial charge >= 0.3 is 12.1 Å². The fraction of sp³-hybridized carbons (Fsp3) is 0.438. The van der Waals surface area contributed by atoms with Crippen LogP contribution in [-0.4, -0.2) is 75.0 Å². The Kier molecular flexibility index (Phi) is 11.6. The molecule has 2 amide bonds. The average molecular weight is 641 g/mol. The summed E-state index contributed by atoms with van der Waals surface area (Å²) in [6, 6.07) is 11.7. The van der Waals surface area contributed by atoms with E-state index in [-0.39, 0.29) is 36.3 Å². The van der Waals surface area contributed by atoms with Gasteiger partial charge in [0, 0.05) is 25.9 Å². The summed E-state index contributed by atoms with van der Waals surface area (Å²) in [5.74, 6) is -2.48. The Balaban J connectivity index is 1.90. The highest BCUT2D eigenvalue weighted by Crippen LogP contribution is 2.33. The van der Waals surface area contributed by atoms with Crippen molar-refractivity contribution in [2.45, 2.75) is 59.2 Å². The summed E-state index contributed by atoms with van der Waals surface area (Å²) in [6.45, 7) is 9.23. The van der Waals surface area contributed by atoms with Crippen molar-refractivity contribution in [2.75, 3.05) is 36.3 Å². The van der Waals surface area contributed by atoms with Crippen LogP contribution in [0.15, 0.2) is 42.5 Å². The predicted octanol–water partition coefficient (Wildman–Crippen LogP) is 4.16. The number of nitrogens with two attached hydrogens (primary N) is 1. The van der Waals surface area contributed by atoms with Crippen LogP contribution in [0.4, 0.5) is 10.5 Å². The van der Waals surface area contributed by atoms with Crippen LogP contribution < -0.4 is 14.8 Å². The van der Waals surface area contributed by atoms with Gasteiger partial charge in [0.15, 0.2) is 5.75 Å². The lowest BCUT2D eigenvalue weighted by molar-refractivity contribution is -0.139. The number of hydrogen-bond acceptors (Lipinski definition) is 9. The molecule has 12 nitrogen and oxygen atoms in total. The zero-order chi connectivity index (χ0) is 33.4. The number of primary amides is 1. The minimum Gasteiger partial charge on any atom is -0.489 e. The summed E-state index contributed by atoms with van der Waals surface area (Å²) in [4.78, 5) is 38.9. The molecule has 2 N–H and O–H groups in total. The fourth-order valence-corrected chi connectivity index (χ4v) is 6.03. The van der Waals surface area contributed by atoms with E-state index in [0.29, 0.717) is 42.6 Å². The Hall–Kier alpha value is -4.57. The summed E-state index contributed by atoms with van der Waals surface area (Å²) in [7, 11) is -4.28. The molecule has 0 spiro atoms. The van der Waals surface area contributed by atoms with Crippen LogP contribution in [-0.2, 0) is 24.3 Å². The van der Waals surface area contributed by atoms with Crippen molar-refractivity contribution < 1.29 is 37.0 Å². The quantitative estimate of drug-likeness (QED) is 0.355. The van der Waals surface area contributed by atoms with Gasteiger partial charge in [-0.05, 0) is 70.0 Å². The summed E-state index contributed by atoms with van der Waals surface area (Å²) in [6.07, 6.45) is 3.45. The summed E-state index contributed by atoms with van der Waals surface area (Å²) in [5.41, 5.74) is 6.77. The lowest BCUT2D eigenvalue weighted by Gasteiger charge is -2.34. The van der Waals surface area contributed by atoms with E-state index < -0.39 is 39.3 Å². The zero-order valence-electron chi connectivity index (χ0n) is 26.2. The number of anilines is 1. The van der Waals surface area contributed by atoms with Crippen molar-refractivity contribution in [3.8, 4) is 11.8 Å². The van der Waals surface area contributed by atoms with Gasteiger partial charge in [-0.3, -0.25) is 13.9 Å². The van der Waals surface area contributed by atoms with Gasteiger partial charge in [0.05, 0.1) is 36.0 Å². The molecule has 0 saturated carbocycles. The van der Waals surface area contributed by atoms with E-state index in [1.54, 1.807) is 82.0 Å². The monoisotopic (exact) mass is 640 g/mol. The normalized spacial score (nSPS) is 14.1. The summed E-state index contributed by atoms with van der Waals surface area (Å²) in [5, 5.41) is 9.18. The highest BCUT2D eigenvalue weighted by molar-refractivity contribution is 7.93. The average Bonchev–Trinajstić information content (AvgIpc) is 2.95. The molecule has 1 fully saturated rings. The molecular weight excluding hydrogens is 600 g/mol. The van der Waals surface area contributed by atoms with Crippen LogP contribution in [0.1, 0.15) is 67.6 Å². The number of amides is 2. The number of nitriles is 1. The highest BCUT2D eigenvalue weighted by atomic mass is 32.2. The molecule has 0 aliphatic carbocycles. The molecule has 2 aromatic rings. The minimum absolute atomic E-state index is 0.0110. The van der Waals surface area contributed by atoms with Gasteiger partial charge in [-0.2, -0.15) is 5.26 Å². The van der Waals surface area contributed by atoms with E-state index in [0.717, 1.165) is 4.31 Å². The van der Waals surface area contributed by atoms with Crippen molar-refractivity contribution in [3.63, 3.8) is 0 Å².